The standard InChI is InChI=1S/C21H21N4OP/c1-27(2,26)15-16-8-10-18(11-9-16)23-21-22-14-17-12-13-25(20(17)24-21)19-6-4-3-5-7-19/h3-14H,15H2,1-2H3,(H,22,23,24). The maximum Gasteiger partial charge on any atom is 0.229 e. The smallest absolute Gasteiger partial charge is 0.229 e. The summed E-state index contributed by atoms with van der Waals surface area (Å²) in [4.78, 5) is 9.10. The summed E-state index contributed by atoms with van der Waals surface area (Å²) < 4.78 is 14.0. The normalized spacial score (nSPS) is 11.6. The Balaban J connectivity index is 1.60. The highest BCUT2D eigenvalue weighted by atomic mass is 31.2. The van der Waals surface area contributed by atoms with Gasteiger partial charge < -0.3 is 14.4 Å². The van der Waals surface area contributed by atoms with E-state index in [1.54, 1.807) is 0 Å². The van der Waals surface area contributed by atoms with Gasteiger partial charge in [-0.3, -0.25) is 0 Å². The third-order valence-electron chi connectivity index (χ3n) is 4.24. The molecular weight excluding hydrogens is 355 g/mol. The summed E-state index contributed by atoms with van der Waals surface area (Å²) in [5.74, 6) is 0.544. The zero-order chi connectivity index (χ0) is 18.9. The van der Waals surface area contributed by atoms with Gasteiger partial charge in [0.1, 0.15) is 5.65 Å². The van der Waals surface area contributed by atoms with Gasteiger partial charge in [-0.1, -0.05) is 30.3 Å². The van der Waals surface area contributed by atoms with Gasteiger partial charge >= 0.3 is 0 Å². The highest BCUT2D eigenvalue weighted by Crippen LogP contribution is 2.40. The predicted octanol–water partition coefficient (Wildman–Crippen LogP) is 5.29. The molecule has 2 aromatic heterocycles. The second-order valence-corrected chi connectivity index (χ2v) is 10.5. The maximum atomic E-state index is 12.0. The molecule has 0 radical (unpaired) electrons. The molecule has 0 spiro atoms. The zero-order valence-corrected chi connectivity index (χ0v) is 16.2. The van der Waals surface area contributed by atoms with Gasteiger partial charge in [0.25, 0.3) is 0 Å². The third kappa shape index (κ3) is 4.09. The summed E-state index contributed by atoms with van der Waals surface area (Å²) in [6.07, 6.45) is 4.43. The molecule has 4 rings (SSSR count). The molecule has 0 unspecified atom stereocenters. The van der Waals surface area contributed by atoms with Crippen LogP contribution in [0.2, 0.25) is 0 Å². The molecule has 0 bridgehead atoms. The molecule has 4 aromatic rings. The van der Waals surface area contributed by atoms with E-state index in [1.807, 2.05) is 91.0 Å². The Morgan fingerprint density at radius 3 is 2.44 bits per heavy atom. The Morgan fingerprint density at radius 1 is 1.00 bits per heavy atom. The van der Waals surface area contributed by atoms with Gasteiger partial charge in [0.05, 0.1) is 7.14 Å². The van der Waals surface area contributed by atoms with E-state index in [9.17, 15) is 4.57 Å². The van der Waals surface area contributed by atoms with Crippen LogP contribution in [0.25, 0.3) is 16.7 Å². The highest BCUT2D eigenvalue weighted by Gasteiger charge is 2.09. The van der Waals surface area contributed by atoms with E-state index in [4.69, 9.17) is 0 Å². The van der Waals surface area contributed by atoms with Gasteiger partial charge in [-0.2, -0.15) is 4.98 Å². The summed E-state index contributed by atoms with van der Waals surface area (Å²) in [5.41, 5.74) is 3.89. The van der Waals surface area contributed by atoms with Gasteiger partial charge in [0, 0.05) is 35.3 Å². The number of fused-ring (bicyclic) bond motifs is 1. The molecule has 0 fully saturated rings. The molecule has 2 heterocycles. The minimum Gasteiger partial charge on any atom is -0.324 e. The summed E-state index contributed by atoms with van der Waals surface area (Å²) in [5, 5.41) is 4.24. The van der Waals surface area contributed by atoms with Crippen LogP contribution < -0.4 is 5.32 Å². The van der Waals surface area contributed by atoms with Crippen LogP contribution in [0.5, 0.6) is 0 Å². The molecule has 0 aliphatic heterocycles. The molecule has 0 amide bonds. The van der Waals surface area contributed by atoms with E-state index in [1.165, 1.54) is 0 Å². The van der Waals surface area contributed by atoms with Gasteiger partial charge in [-0.25, -0.2) is 4.98 Å². The fourth-order valence-corrected chi connectivity index (χ4v) is 4.13. The number of hydrogen-bond donors (Lipinski definition) is 1. The van der Waals surface area contributed by atoms with Gasteiger partial charge in [-0.15, -0.1) is 0 Å². The fourth-order valence-electron chi connectivity index (χ4n) is 3.04. The van der Waals surface area contributed by atoms with Crippen LogP contribution >= 0.6 is 7.14 Å². The van der Waals surface area contributed by atoms with Crippen molar-refractivity contribution in [3.63, 3.8) is 0 Å². The van der Waals surface area contributed by atoms with Crippen LogP contribution in [0.4, 0.5) is 11.6 Å². The molecule has 2 aromatic carbocycles. The van der Waals surface area contributed by atoms with E-state index in [-0.39, 0.29) is 0 Å². The van der Waals surface area contributed by atoms with Crippen LogP contribution in [0.1, 0.15) is 5.56 Å². The molecule has 136 valence electrons. The molecule has 1 N–H and O–H groups in total. The zero-order valence-electron chi connectivity index (χ0n) is 15.3. The number of para-hydroxylation sites is 1. The molecule has 6 heteroatoms. The monoisotopic (exact) mass is 376 g/mol. The number of nitrogens with zero attached hydrogens (tertiary/aromatic N) is 3. The van der Waals surface area contributed by atoms with Crippen molar-refractivity contribution >= 4 is 29.8 Å². The Bertz CT molecular complexity index is 1110. The molecule has 0 aliphatic rings. The molecule has 27 heavy (non-hydrogen) atoms. The minimum atomic E-state index is -2.07. The molecule has 0 aliphatic carbocycles. The number of rotatable bonds is 5. The lowest BCUT2D eigenvalue weighted by atomic mass is 10.2. The first-order chi connectivity index (χ1) is 13.0. The molecule has 0 atom stereocenters. The lowest BCUT2D eigenvalue weighted by Crippen LogP contribution is -2.00. The van der Waals surface area contributed by atoms with E-state index >= 15 is 0 Å². The first kappa shape index (κ1) is 17.5. The fraction of sp³-hybridized carbons (Fsp3) is 0.143. The summed E-state index contributed by atoms with van der Waals surface area (Å²) in [7, 11) is -2.07. The minimum absolute atomic E-state index is 0.544. The number of benzene rings is 2. The maximum absolute atomic E-state index is 12.0. The van der Waals surface area contributed by atoms with Crippen molar-refractivity contribution in [2.45, 2.75) is 6.16 Å². The Morgan fingerprint density at radius 2 is 1.74 bits per heavy atom. The number of hydrogen-bond acceptors (Lipinski definition) is 4. The van der Waals surface area contributed by atoms with E-state index in [2.05, 4.69) is 15.3 Å². The van der Waals surface area contributed by atoms with Crippen LogP contribution in [0.15, 0.2) is 73.1 Å². The van der Waals surface area contributed by atoms with E-state index in [0.29, 0.717) is 12.1 Å². The Hall–Kier alpha value is -2.91. The second-order valence-electron chi connectivity index (χ2n) is 7.05. The van der Waals surface area contributed by atoms with Crippen molar-refractivity contribution in [3.8, 4) is 5.69 Å². The van der Waals surface area contributed by atoms with Gasteiger partial charge in [0.2, 0.25) is 5.95 Å². The number of aromatic nitrogens is 3. The molecular formula is C21H21N4OP. The van der Waals surface area contributed by atoms with Gasteiger partial charge in [0.15, 0.2) is 0 Å². The molecule has 5 nitrogen and oxygen atoms in total. The second kappa shape index (κ2) is 7.01. The average molecular weight is 376 g/mol. The van der Waals surface area contributed by atoms with Crippen LogP contribution in [0, 0.1) is 0 Å². The van der Waals surface area contributed by atoms with Crippen LogP contribution in [-0.2, 0) is 10.7 Å². The number of nitrogens with one attached hydrogen (secondary N) is 1. The first-order valence-corrected chi connectivity index (χ1v) is 11.6. The van der Waals surface area contributed by atoms with E-state index < -0.39 is 7.14 Å². The van der Waals surface area contributed by atoms with Crippen molar-refractivity contribution in [3.05, 3.63) is 78.6 Å². The summed E-state index contributed by atoms with van der Waals surface area (Å²) >= 11 is 0. The average Bonchev–Trinajstić information content (AvgIpc) is 3.06. The highest BCUT2D eigenvalue weighted by molar-refractivity contribution is 7.61. The SMILES string of the molecule is CP(C)(=O)Cc1ccc(Nc2ncc3ccn(-c4ccccc4)c3n2)cc1. The predicted molar refractivity (Wildman–Crippen MR) is 112 cm³/mol. The first-order valence-electron chi connectivity index (χ1n) is 8.77. The quantitative estimate of drug-likeness (QED) is 0.481. The Kier molecular flexibility index (Phi) is 4.54. The van der Waals surface area contributed by atoms with Crippen molar-refractivity contribution in [1.29, 1.82) is 0 Å². The number of anilines is 2. The summed E-state index contributed by atoms with van der Waals surface area (Å²) in [6, 6.07) is 20.0. The third-order valence-corrected chi connectivity index (χ3v) is 5.36. The van der Waals surface area contributed by atoms with Crippen molar-refractivity contribution in [1.82, 2.24) is 14.5 Å². The van der Waals surface area contributed by atoms with Gasteiger partial charge in [-0.05, 0) is 49.2 Å². The van der Waals surface area contributed by atoms with Crippen molar-refractivity contribution in [2.24, 2.45) is 0 Å². The molecule has 0 saturated heterocycles. The van der Waals surface area contributed by atoms with Crippen LogP contribution in [-0.4, -0.2) is 27.9 Å². The lowest BCUT2D eigenvalue weighted by molar-refractivity contribution is 0.582. The molecule has 0 saturated carbocycles. The Labute approximate surface area is 158 Å². The summed E-state index contributed by atoms with van der Waals surface area (Å²) in [6.45, 7) is 3.62. The topological polar surface area (TPSA) is 59.8 Å². The van der Waals surface area contributed by atoms with Crippen LogP contribution in [0.3, 0.4) is 0 Å². The van der Waals surface area contributed by atoms with E-state index in [0.717, 1.165) is 28.0 Å². The van der Waals surface area contributed by atoms with Crippen molar-refractivity contribution < 1.29 is 4.57 Å². The lowest BCUT2D eigenvalue weighted by Gasteiger charge is -2.09. The van der Waals surface area contributed by atoms with Crippen molar-refractivity contribution in [2.75, 3.05) is 18.6 Å². The largest absolute Gasteiger partial charge is 0.324 e.